The summed E-state index contributed by atoms with van der Waals surface area (Å²) < 4.78 is 13.7. The van der Waals surface area contributed by atoms with Gasteiger partial charge in [-0.3, -0.25) is 0 Å². The first-order valence-corrected chi connectivity index (χ1v) is 11.5. The van der Waals surface area contributed by atoms with E-state index >= 15 is 0 Å². The minimum atomic E-state index is -2.02. The highest BCUT2D eigenvalue weighted by molar-refractivity contribution is 7.95. The molecule has 4 rings (SSSR count). The van der Waals surface area contributed by atoms with Crippen LogP contribution in [0.25, 0.3) is 0 Å². The summed E-state index contributed by atoms with van der Waals surface area (Å²) >= 11 is 6.48. The van der Waals surface area contributed by atoms with Crippen LogP contribution in [0.1, 0.15) is 5.56 Å². The lowest BCUT2D eigenvalue weighted by molar-refractivity contribution is 0.627. The lowest BCUT2D eigenvalue weighted by Gasteiger charge is -2.28. The summed E-state index contributed by atoms with van der Waals surface area (Å²) in [5.41, 5.74) is 0.966. The average molecular weight is 406 g/mol. The van der Waals surface area contributed by atoms with Gasteiger partial charge in [0, 0.05) is 5.56 Å². The van der Waals surface area contributed by atoms with E-state index in [9.17, 15) is 4.39 Å². The SMILES string of the molecule is Fc1ccc(C[P+](c2ccccc2)(c2ccccc2)c2ccccc2)c(Cl)c1. The van der Waals surface area contributed by atoms with E-state index in [1.165, 1.54) is 28.0 Å². The van der Waals surface area contributed by atoms with E-state index in [-0.39, 0.29) is 5.82 Å². The molecule has 0 aliphatic rings. The Morgan fingerprint density at radius 2 is 1.04 bits per heavy atom. The van der Waals surface area contributed by atoms with Crippen LogP contribution in [0.15, 0.2) is 109 Å². The molecule has 0 spiro atoms. The minimum absolute atomic E-state index is 0.309. The van der Waals surface area contributed by atoms with Crippen molar-refractivity contribution in [2.45, 2.75) is 6.16 Å². The van der Waals surface area contributed by atoms with E-state index < -0.39 is 7.26 Å². The van der Waals surface area contributed by atoms with Gasteiger partial charge in [-0.1, -0.05) is 72.3 Å². The molecule has 0 aliphatic carbocycles. The van der Waals surface area contributed by atoms with Crippen molar-refractivity contribution in [2.24, 2.45) is 0 Å². The molecule has 0 nitrogen and oxygen atoms in total. The summed E-state index contributed by atoms with van der Waals surface area (Å²) in [6.45, 7) is 0. The molecule has 0 saturated carbocycles. The molecular formula is C25H20ClFP+. The zero-order chi connectivity index (χ0) is 19.4. The molecule has 28 heavy (non-hydrogen) atoms. The molecule has 3 heteroatoms. The normalized spacial score (nSPS) is 11.4. The fourth-order valence-corrected chi connectivity index (χ4v) is 8.27. The van der Waals surface area contributed by atoms with Crippen LogP contribution >= 0.6 is 18.9 Å². The van der Waals surface area contributed by atoms with Gasteiger partial charge in [-0.2, -0.15) is 0 Å². The van der Waals surface area contributed by atoms with Gasteiger partial charge in [0.1, 0.15) is 29.0 Å². The second kappa shape index (κ2) is 8.27. The van der Waals surface area contributed by atoms with Crippen molar-refractivity contribution in [3.8, 4) is 0 Å². The van der Waals surface area contributed by atoms with Crippen molar-refractivity contribution in [1.29, 1.82) is 0 Å². The summed E-state index contributed by atoms with van der Waals surface area (Å²) in [7, 11) is -2.02. The Hall–Kier alpha value is -2.47. The van der Waals surface area contributed by atoms with E-state index in [1.54, 1.807) is 0 Å². The predicted molar refractivity (Wildman–Crippen MR) is 120 cm³/mol. The standard InChI is InChI=1S/C25H20ClFP/c26-25-18-21(27)17-16-20(25)19-28(22-10-4-1-5-11-22,23-12-6-2-7-13-23)24-14-8-3-9-15-24/h1-18H,19H2/q+1. The van der Waals surface area contributed by atoms with Gasteiger partial charge in [-0.05, 0) is 48.5 Å². The lowest BCUT2D eigenvalue weighted by Crippen LogP contribution is -2.32. The number of rotatable bonds is 5. The van der Waals surface area contributed by atoms with Gasteiger partial charge in [0.2, 0.25) is 0 Å². The maximum absolute atomic E-state index is 13.7. The second-order valence-electron chi connectivity index (χ2n) is 6.71. The Bertz CT molecular complexity index is 953. The molecule has 0 atom stereocenters. The Kier molecular flexibility index (Phi) is 5.57. The van der Waals surface area contributed by atoms with Crippen LogP contribution in [-0.4, -0.2) is 0 Å². The van der Waals surface area contributed by atoms with Crippen molar-refractivity contribution in [3.05, 3.63) is 126 Å². The Morgan fingerprint density at radius 3 is 1.43 bits per heavy atom. The minimum Gasteiger partial charge on any atom is -0.207 e. The molecule has 0 saturated heterocycles. The van der Waals surface area contributed by atoms with Crippen LogP contribution in [0.5, 0.6) is 0 Å². The third-order valence-electron chi connectivity index (χ3n) is 5.01. The highest BCUT2D eigenvalue weighted by Gasteiger charge is 2.45. The monoisotopic (exact) mass is 405 g/mol. The Morgan fingerprint density at radius 1 is 0.607 bits per heavy atom. The highest BCUT2D eigenvalue weighted by atomic mass is 35.5. The summed E-state index contributed by atoms with van der Waals surface area (Å²) in [4.78, 5) is 0. The van der Waals surface area contributed by atoms with Crippen molar-refractivity contribution in [3.63, 3.8) is 0 Å². The van der Waals surface area contributed by atoms with Crippen molar-refractivity contribution < 1.29 is 4.39 Å². The van der Waals surface area contributed by atoms with Crippen LogP contribution in [0, 0.1) is 5.82 Å². The average Bonchev–Trinajstić information content (AvgIpc) is 2.75. The molecule has 0 amide bonds. The number of hydrogen-bond donors (Lipinski definition) is 0. The summed E-state index contributed by atoms with van der Waals surface area (Å²) in [5.74, 6) is -0.309. The summed E-state index contributed by atoms with van der Waals surface area (Å²) in [6, 6.07) is 36.6. The fraction of sp³-hybridized carbons (Fsp3) is 0.0400. The molecule has 4 aromatic carbocycles. The first-order chi connectivity index (χ1) is 13.7. The molecule has 0 aromatic heterocycles. The molecule has 0 heterocycles. The molecular weight excluding hydrogens is 386 g/mol. The van der Waals surface area contributed by atoms with Crippen molar-refractivity contribution >= 4 is 34.8 Å². The third kappa shape index (κ3) is 3.61. The van der Waals surface area contributed by atoms with Gasteiger partial charge < -0.3 is 0 Å². The van der Waals surface area contributed by atoms with E-state index in [0.29, 0.717) is 5.02 Å². The first-order valence-electron chi connectivity index (χ1n) is 9.19. The maximum Gasteiger partial charge on any atom is 0.124 e. The fourth-order valence-electron chi connectivity index (χ4n) is 3.67. The van der Waals surface area contributed by atoms with Gasteiger partial charge >= 0.3 is 0 Å². The zero-order valence-corrected chi connectivity index (χ0v) is 17.0. The van der Waals surface area contributed by atoms with Crippen LogP contribution in [0.3, 0.4) is 0 Å². The predicted octanol–water partition coefficient (Wildman–Crippen LogP) is 5.97. The molecule has 0 bridgehead atoms. The lowest BCUT2D eigenvalue weighted by atomic mass is 10.2. The summed E-state index contributed by atoms with van der Waals surface area (Å²) in [6.07, 6.45) is 0.740. The van der Waals surface area contributed by atoms with Gasteiger partial charge in [-0.25, -0.2) is 4.39 Å². The quantitative estimate of drug-likeness (QED) is 0.359. The molecule has 0 aliphatic heterocycles. The van der Waals surface area contributed by atoms with Crippen LogP contribution in [-0.2, 0) is 6.16 Å². The van der Waals surface area contributed by atoms with Crippen LogP contribution < -0.4 is 15.9 Å². The van der Waals surface area contributed by atoms with E-state index in [0.717, 1.165) is 11.7 Å². The van der Waals surface area contributed by atoms with Crippen LogP contribution in [0.4, 0.5) is 4.39 Å². The number of benzene rings is 4. The Balaban J connectivity index is 2.01. The molecule has 138 valence electrons. The number of hydrogen-bond acceptors (Lipinski definition) is 0. The van der Waals surface area contributed by atoms with Gasteiger partial charge in [-0.15, -0.1) is 0 Å². The van der Waals surface area contributed by atoms with Gasteiger partial charge in [0.25, 0.3) is 0 Å². The second-order valence-corrected chi connectivity index (χ2v) is 10.6. The van der Waals surface area contributed by atoms with E-state index in [1.807, 2.05) is 24.3 Å². The molecule has 0 unspecified atom stereocenters. The topological polar surface area (TPSA) is 0 Å². The largest absolute Gasteiger partial charge is 0.207 e. The molecule has 0 N–H and O–H groups in total. The molecule has 4 aromatic rings. The number of halogens is 2. The van der Waals surface area contributed by atoms with Crippen molar-refractivity contribution in [1.82, 2.24) is 0 Å². The maximum atomic E-state index is 13.7. The van der Waals surface area contributed by atoms with Gasteiger partial charge in [0.05, 0.1) is 11.2 Å². The van der Waals surface area contributed by atoms with Gasteiger partial charge in [0.15, 0.2) is 0 Å². The van der Waals surface area contributed by atoms with E-state index in [4.69, 9.17) is 11.6 Å². The molecule has 0 radical (unpaired) electrons. The molecule has 0 fully saturated rings. The van der Waals surface area contributed by atoms with E-state index in [2.05, 4.69) is 72.8 Å². The van der Waals surface area contributed by atoms with Crippen molar-refractivity contribution in [2.75, 3.05) is 0 Å². The van der Waals surface area contributed by atoms with Crippen LogP contribution in [0.2, 0.25) is 5.02 Å². The zero-order valence-electron chi connectivity index (χ0n) is 15.3. The summed E-state index contributed by atoms with van der Waals surface area (Å²) in [5, 5.41) is 4.33. The Labute approximate surface area is 171 Å². The third-order valence-corrected chi connectivity index (χ3v) is 9.72. The first kappa shape index (κ1) is 18.9. The highest BCUT2D eigenvalue weighted by Crippen LogP contribution is 2.58. The smallest absolute Gasteiger partial charge is 0.124 e.